The molecule has 0 radical (unpaired) electrons. The molecule has 0 bridgehead atoms. The fraction of sp³-hybridized carbons (Fsp3) is 1.00. The first kappa shape index (κ1) is 4.85. The molecule has 0 nitrogen and oxygen atoms in total. The van der Waals surface area contributed by atoms with Crippen LogP contribution in [0.5, 0.6) is 0 Å². The highest BCUT2D eigenvalue weighted by Crippen LogP contribution is 2.28. The molecule has 1 fully saturated rings. The molecule has 6 heavy (non-hydrogen) atoms. The molecule has 1 unspecified atom stereocenters. The third kappa shape index (κ3) is 1.09. The first-order valence-corrected chi connectivity index (χ1v) is 3.76. The Labute approximate surface area is 48.1 Å². The molecule has 0 aromatic heterocycles. The Morgan fingerprint density at radius 3 is 2.67 bits per heavy atom. The lowest BCUT2D eigenvalue weighted by molar-refractivity contribution is 0.927. The Bertz CT molecular complexity index is 38.8. The van der Waals surface area contributed by atoms with Gasteiger partial charge in [-0.05, 0) is 18.6 Å². The van der Waals surface area contributed by atoms with Gasteiger partial charge in [-0.2, -0.15) is 12.6 Å². The molecular weight excluding hydrogens is 112 g/mol. The molecule has 1 saturated heterocycles. The van der Waals surface area contributed by atoms with Gasteiger partial charge in [-0.25, -0.2) is 0 Å². The van der Waals surface area contributed by atoms with Crippen LogP contribution in [0.3, 0.4) is 0 Å². The maximum absolute atomic E-state index is 4.26. The molecule has 1 aliphatic rings. The smallest absolute Gasteiger partial charge is 0.0472 e. The van der Waals surface area contributed by atoms with Crippen LogP contribution in [0.1, 0.15) is 12.8 Å². The normalized spacial score (nSPS) is 34.5. The van der Waals surface area contributed by atoms with Crippen molar-refractivity contribution >= 4 is 24.4 Å². The van der Waals surface area contributed by atoms with E-state index in [9.17, 15) is 0 Å². The zero-order valence-electron chi connectivity index (χ0n) is 3.55. The van der Waals surface area contributed by atoms with Crippen LogP contribution in [0.2, 0.25) is 0 Å². The molecule has 0 spiro atoms. The van der Waals surface area contributed by atoms with E-state index in [4.69, 9.17) is 0 Å². The standard InChI is InChI=1S/C4H8S2/c5-4-2-1-3-6-4/h4-5H,1-3H2. The second-order valence-electron chi connectivity index (χ2n) is 1.47. The van der Waals surface area contributed by atoms with Crippen molar-refractivity contribution < 1.29 is 0 Å². The summed E-state index contributed by atoms with van der Waals surface area (Å²) in [4.78, 5) is 0. The lowest BCUT2D eigenvalue weighted by Crippen LogP contribution is -1.76. The fourth-order valence-electron chi connectivity index (χ4n) is 0.561. The monoisotopic (exact) mass is 120 g/mol. The van der Waals surface area contributed by atoms with Crippen molar-refractivity contribution in [3.05, 3.63) is 0 Å². The van der Waals surface area contributed by atoms with E-state index in [1.807, 2.05) is 11.8 Å². The summed E-state index contributed by atoms with van der Waals surface area (Å²) in [5.74, 6) is 1.33. The van der Waals surface area contributed by atoms with Gasteiger partial charge in [-0.3, -0.25) is 0 Å². The van der Waals surface area contributed by atoms with Crippen molar-refractivity contribution in [2.75, 3.05) is 5.75 Å². The number of hydrogen-bond acceptors (Lipinski definition) is 2. The second-order valence-corrected chi connectivity index (χ2v) is 3.75. The van der Waals surface area contributed by atoms with Crippen molar-refractivity contribution in [2.45, 2.75) is 17.4 Å². The average Bonchev–Trinajstić information content (AvgIpc) is 1.86. The molecule has 0 aromatic rings. The number of thioether (sulfide) groups is 1. The maximum Gasteiger partial charge on any atom is 0.0472 e. The van der Waals surface area contributed by atoms with E-state index in [-0.39, 0.29) is 0 Å². The van der Waals surface area contributed by atoms with Gasteiger partial charge >= 0.3 is 0 Å². The predicted octanol–water partition coefficient (Wildman–Crippen LogP) is 1.77. The van der Waals surface area contributed by atoms with Crippen molar-refractivity contribution in [2.24, 2.45) is 0 Å². The Morgan fingerprint density at radius 1 is 1.67 bits per heavy atom. The summed E-state index contributed by atoms with van der Waals surface area (Å²) in [7, 11) is 0. The van der Waals surface area contributed by atoms with Gasteiger partial charge in [0, 0.05) is 4.58 Å². The van der Waals surface area contributed by atoms with Crippen LogP contribution in [0.4, 0.5) is 0 Å². The van der Waals surface area contributed by atoms with Crippen molar-refractivity contribution in [3.63, 3.8) is 0 Å². The molecular formula is C4H8S2. The Kier molecular flexibility index (Phi) is 1.72. The van der Waals surface area contributed by atoms with Crippen LogP contribution in [0.25, 0.3) is 0 Å². The summed E-state index contributed by atoms with van der Waals surface area (Å²) < 4.78 is 0.657. The third-order valence-corrected chi connectivity index (χ3v) is 2.76. The maximum atomic E-state index is 4.26. The van der Waals surface area contributed by atoms with E-state index in [1.54, 1.807) is 0 Å². The van der Waals surface area contributed by atoms with Gasteiger partial charge in [0.05, 0.1) is 0 Å². The van der Waals surface area contributed by atoms with Gasteiger partial charge in [0.2, 0.25) is 0 Å². The molecule has 0 aliphatic carbocycles. The average molecular weight is 120 g/mol. The van der Waals surface area contributed by atoms with Gasteiger partial charge < -0.3 is 0 Å². The molecule has 0 amide bonds. The van der Waals surface area contributed by atoms with Crippen LogP contribution >= 0.6 is 24.4 Å². The van der Waals surface area contributed by atoms with Crippen molar-refractivity contribution in [1.29, 1.82) is 0 Å². The zero-order valence-corrected chi connectivity index (χ0v) is 5.27. The topological polar surface area (TPSA) is 0 Å². The minimum absolute atomic E-state index is 0.657. The molecule has 2 heteroatoms. The lowest BCUT2D eigenvalue weighted by atomic mass is 10.4. The van der Waals surface area contributed by atoms with E-state index in [2.05, 4.69) is 12.6 Å². The summed E-state index contributed by atoms with van der Waals surface area (Å²) in [5, 5.41) is 0. The largest absolute Gasteiger partial charge is 0.165 e. The van der Waals surface area contributed by atoms with Crippen molar-refractivity contribution in [3.8, 4) is 0 Å². The van der Waals surface area contributed by atoms with E-state index in [0.717, 1.165) is 0 Å². The molecule has 1 atom stereocenters. The highest BCUT2D eigenvalue weighted by atomic mass is 32.2. The van der Waals surface area contributed by atoms with Gasteiger partial charge in [0.1, 0.15) is 0 Å². The zero-order chi connectivity index (χ0) is 4.41. The summed E-state index contributed by atoms with van der Waals surface area (Å²) in [6.45, 7) is 0. The van der Waals surface area contributed by atoms with E-state index < -0.39 is 0 Å². The molecule has 1 heterocycles. The minimum atomic E-state index is 0.657. The first-order chi connectivity index (χ1) is 2.89. The van der Waals surface area contributed by atoms with Crippen LogP contribution < -0.4 is 0 Å². The predicted molar refractivity (Wildman–Crippen MR) is 34.5 cm³/mol. The van der Waals surface area contributed by atoms with Gasteiger partial charge in [0.15, 0.2) is 0 Å². The van der Waals surface area contributed by atoms with Crippen LogP contribution in [0, 0.1) is 0 Å². The summed E-state index contributed by atoms with van der Waals surface area (Å²) >= 11 is 6.22. The summed E-state index contributed by atoms with van der Waals surface area (Å²) in [6, 6.07) is 0. The lowest BCUT2D eigenvalue weighted by Gasteiger charge is -1.90. The number of thiol groups is 1. The van der Waals surface area contributed by atoms with Gasteiger partial charge in [0.25, 0.3) is 0 Å². The molecule has 0 aromatic carbocycles. The second kappa shape index (κ2) is 2.12. The van der Waals surface area contributed by atoms with Gasteiger partial charge in [-0.1, -0.05) is 0 Å². The summed E-state index contributed by atoms with van der Waals surface area (Å²) in [6.07, 6.45) is 2.69. The van der Waals surface area contributed by atoms with Crippen molar-refractivity contribution in [1.82, 2.24) is 0 Å². The third-order valence-electron chi connectivity index (χ3n) is 0.906. The number of hydrogen-bond donors (Lipinski definition) is 1. The molecule has 0 N–H and O–H groups in total. The quantitative estimate of drug-likeness (QED) is 0.475. The van der Waals surface area contributed by atoms with Crippen LogP contribution in [-0.4, -0.2) is 10.3 Å². The van der Waals surface area contributed by atoms with E-state index in [1.165, 1.54) is 18.6 Å². The van der Waals surface area contributed by atoms with Crippen LogP contribution in [0.15, 0.2) is 0 Å². The molecule has 1 rings (SSSR count). The molecule has 36 valence electrons. The Hall–Kier alpha value is 0.700. The highest BCUT2D eigenvalue weighted by molar-refractivity contribution is 8.10. The highest BCUT2D eigenvalue weighted by Gasteiger charge is 2.08. The minimum Gasteiger partial charge on any atom is -0.165 e. The Balaban J connectivity index is 2.18. The van der Waals surface area contributed by atoms with Gasteiger partial charge in [-0.15, -0.1) is 11.8 Å². The van der Waals surface area contributed by atoms with Crippen LogP contribution in [-0.2, 0) is 0 Å². The summed E-state index contributed by atoms with van der Waals surface area (Å²) in [5.41, 5.74) is 0. The molecule has 1 aliphatic heterocycles. The number of rotatable bonds is 0. The Morgan fingerprint density at radius 2 is 2.50 bits per heavy atom. The fourth-order valence-corrected chi connectivity index (χ4v) is 2.00. The SMILES string of the molecule is SC1CCCS1. The van der Waals surface area contributed by atoms with E-state index in [0.29, 0.717) is 4.58 Å². The van der Waals surface area contributed by atoms with E-state index >= 15 is 0 Å². The molecule has 0 saturated carbocycles. The first-order valence-electron chi connectivity index (χ1n) is 2.19.